The van der Waals surface area contributed by atoms with Gasteiger partial charge in [-0.2, -0.15) is 13.2 Å². The second kappa shape index (κ2) is 8.94. The molecule has 1 aromatic carbocycles. The lowest BCUT2D eigenvalue weighted by molar-refractivity contribution is -0.163. The second-order valence-corrected chi connectivity index (χ2v) is 8.53. The fourth-order valence-corrected chi connectivity index (χ4v) is 3.57. The van der Waals surface area contributed by atoms with Gasteiger partial charge in [0.25, 0.3) is 0 Å². The lowest BCUT2D eigenvalue weighted by Gasteiger charge is -2.30. The molecule has 0 bridgehead atoms. The van der Waals surface area contributed by atoms with Crippen LogP contribution in [-0.2, 0) is 11.2 Å². The fraction of sp³-hybridized carbons (Fsp3) is 0.500. The molecule has 4 nitrogen and oxygen atoms in total. The number of nitrogens with zero attached hydrogens (tertiary/aromatic N) is 2. The Hall–Kier alpha value is -2.09. The number of para-hydroxylation sites is 1. The third-order valence-electron chi connectivity index (χ3n) is 3.69. The summed E-state index contributed by atoms with van der Waals surface area (Å²) in [4.78, 5) is 17.9. The summed E-state index contributed by atoms with van der Waals surface area (Å²) in [6, 6.07) is 7.41. The van der Waals surface area contributed by atoms with Crippen molar-refractivity contribution < 1.29 is 22.7 Å². The second-order valence-electron chi connectivity index (χ2n) is 7.68. The van der Waals surface area contributed by atoms with Crippen molar-refractivity contribution in [2.24, 2.45) is 5.41 Å². The van der Waals surface area contributed by atoms with Gasteiger partial charge in [-0.3, -0.25) is 4.79 Å². The zero-order valence-corrected chi connectivity index (χ0v) is 17.3. The minimum absolute atomic E-state index is 0.0233. The van der Waals surface area contributed by atoms with E-state index in [4.69, 9.17) is 4.74 Å². The number of halogens is 3. The van der Waals surface area contributed by atoms with E-state index in [-0.39, 0.29) is 13.0 Å². The zero-order chi connectivity index (χ0) is 20.9. The predicted octanol–water partition coefficient (Wildman–Crippen LogP) is 5.19. The number of ether oxygens (including phenoxy) is 1. The molecule has 2 aromatic rings. The van der Waals surface area contributed by atoms with Crippen molar-refractivity contribution in [2.75, 3.05) is 19.7 Å². The molecule has 0 fully saturated rings. The molecule has 0 aliphatic heterocycles. The van der Waals surface area contributed by atoms with Crippen molar-refractivity contribution in [3.8, 4) is 16.3 Å². The van der Waals surface area contributed by atoms with Crippen LogP contribution in [0.2, 0.25) is 0 Å². The highest BCUT2D eigenvalue weighted by Crippen LogP contribution is 2.32. The van der Waals surface area contributed by atoms with Crippen molar-refractivity contribution in [3.63, 3.8) is 0 Å². The minimum Gasteiger partial charge on any atom is -0.493 e. The van der Waals surface area contributed by atoms with E-state index in [1.165, 1.54) is 11.3 Å². The standard InChI is InChI=1S/C20H25F3N2O2S/c1-5-27-16-9-7-6-8-15(16)18-24-14(11-28-18)10-17(26)25(12-19(2,3)4)13-20(21,22)23/h6-9,11H,5,10,12-13H2,1-4H3. The van der Waals surface area contributed by atoms with Crippen LogP contribution < -0.4 is 4.74 Å². The first kappa shape index (κ1) is 22.2. The van der Waals surface area contributed by atoms with Crippen LogP contribution in [0.25, 0.3) is 10.6 Å². The molecular formula is C20H25F3N2O2S. The molecule has 154 valence electrons. The van der Waals surface area contributed by atoms with Gasteiger partial charge in [0.15, 0.2) is 0 Å². The number of carbonyl (C=O) groups is 1. The summed E-state index contributed by atoms with van der Waals surface area (Å²) in [6.07, 6.45) is -4.61. The smallest absolute Gasteiger partial charge is 0.406 e. The van der Waals surface area contributed by atoms with Crippen molar-refractivity contribution in [3.05, 3.63) is 35.3 Å². The van der Waals surface area contributed by atoms with Crippen LogP contribution in [0.1, 0.15) is 33.4 Å². The van der Waals surface area contributed by atoms with Crippen LogP contribution in [0.4, 0.5) is 13.2 Å². The highest BCUT2D eigenvalue weighted by molar-refractivity contribution is 7.13. The van der Waals surface area contributed by atoms with Crippen molar-refractivity contribution in [2.45, 2.75) is 40.3 Å². The maximum Gasteiger partial charge on any atom is 0.406 e. The summed E-state index contributed by atoms with van der Waals surface area (Å²) >= 11 is 1.34. The van der Waals surface area contributed by atoms with E-state index in [0.29, 0.717) is 23.1 Å². The van der Waals surface area contributed by atoms with E-state index in [9.17, 15) is 18.0 Å². The van der Waals surface area contributed by atoms with Gasteiger partial charge < -0.3 is 9.64 Å². The molecule has 1 amide bonds. The Bertz CT molecular complexity index is 781. The third-order valence-corrected chi connectivity index (χ3v) is 4.61. The number of amides is 1. The summed E-state index contributed by atoms with van der Waals surface area (Å²) in [5, 5.41) is 2.38. The maximum atomic E-state index is 12.9. The average molecular weight is 414 g/mol. The van der Waals surface area contributed by atoms with Gasteiger partial charge >= 0.3 is 6.18 Å². The van der Waals surface area contributed by atoms with Gasteiger partial charge in [0.05, 0.1) is 24.3 Å². The van der Waals surface area contributed by atoms with Crippen LogP contribution in [-0.4, -0.2) is 41.7 Å². The van der Waals surface area contributed by atoms with Crippen molar-refractivity contribution in [1.29, 1.82) is 0 Å². The Labute approximate surface area is 167 Å². The molecule has 0 aliphatic carbocycles. The van der Waals surface area contributed by atoms with Crippen LogP contribution in [0.3, 0.4) is 0 Å². The van der Waals surface area contributed by atoms with E-state index < -0.39 is 24.0 Å². The molecule has 0 saturated carbocycles. The summed E-state index contributed by atoms with van der Waals surface area (Å²) in [5.74, 6) is 0.103. The highest BCUT2D eigenvalue weighted by atomic mass is 32.1. The summed E-state index contributed by atoms with van der Waals surface area (Å²) in [6.45, 7) is 6.56. The van der Waals surface area contributed by atoms with Crippen LogP contribution in [0.5, 0.6) is 5.75 Å². The maximum absolute atomic E-state index is 12.9. The SMILES string of the molecule is CCOc1ccccc1-c1nc(CC(=O)N(CC(C)(C)C)CC(F)(F)F)cs1. The molecule has 0 saturated heterocycles. The number of hydrogen-bond donors (Lipinski definition) is 0. The van der Waals surface area contributed by atoms with Crippen LogP contribution >= 0.6 is 11.3 Å². The van der Waals surface area contributed by atoms with Gasteiger partial charge in [0.1, 0.15) is 17.3 Å². The van der Waals surface area contributed by atoms with Gasteiger partial charge in [0, 0.05) is 11.9 Å². The number of thiazole rings is 1. The van der Waals surface area contributed by atoms with E-state index in [1.54, 1.807) is 26.2 Å². The van der Waals surface area contributed by atoms with Crippen molar-refractivity contribution >= 4 is 17.2 Å². The third kappa shape index (κ3) is 6.82. The van der Waals surface area contributed by atoms with Gasteiger partial charge in [-0.05, 0) is 24.5 Å². The summed E-state index contributed by atoms with van der Waals surface area (Å²) < 4.78 is 44.3. The number of alkyl halides is 3. The molecule has 0 N–H and O–H groups in total. The number of aromatic nitrogens is 1. The van der Waals surface area contributed by atoms with Gasteiger partial charge in [-0.25, -0.2) is 4.98 Å². The molecule has 28 heavy (non-hydrogen) atoms. The van der Waals surface area contributed by atoms with Gasteiger partial charge in [-0.15, -0.1) is 11.3 Å². The molecule has 0 atom stereocenters. The lowest BCUT2D eigenvalue weighted by atomic mass is 9.96. The normalized spacial score (nSPS) is 12.1. The Kier molecular flexibility index (Phi) is 7.09. The van der Waals surface area contributed by atoms with E-state index in [2.05, 4.69) is 4.98 Å². The summed E-state index contributed by atoms with van der Waals surface area (Å²) in [5.41, 5.74) is 0.817. The molecule has 0 radical (unpaired) electrons. The molecule has 0 unspecified atom stereocenters. The summed E-state index contributed by atoms with van der Waals surface area (Å²) in [7, 11) is 0. The quantitative estimate of drug-likeness (QED) is 0.626. The average Bonchev–Trinajstić information content (AvgIpc) is 3.00. The number of carbonyl (C=O) groups excluding carboxylic acids is 1. The molecule has 8 heteroatoms. The van der Waals surface area contributed by atoms with Gasteiger partial charge in [0.2, 0.25) is 5.91 Å². The largest absolute Gasteiger partial charge is 0.493 e. The van der Waals surface area contributed by atoms with E-state index in [1.807, 2.05) is 31.2 Å². The zero-order valence-electron chi connectivity index (χ0n) is 16.5. The Morgan fingerprint density at radius 2 is 1.86 bits per heavy atom. The fourth-order valence-electron chi connectivity index (χ4n) is 2.72. The minimum atomic E-state index is -4.44. The Morgan fingerprint density at radius 3 is 2.46 bits per heavy atom. The first-order chi connectivity index (χ1) is 13.0. The molecule has 1 aromatic heterocycles. The lowest BCUT2D eigenvalue weighted by Crippen LogP contribution is -2.44. The first-order valence-electron chi connectivity index (χ1n) is 8.99. The molecule has 1 heterocycles. The van der Waals surface area contributed by atoms with Gasteiger partial charge in [-0.1, -0.05) is 32.9 Å². The van der Waals surface area contributed by atoms with Crippen LogP contribution in [0.15, 0.2) is 29.6 Å². The van der Waals surface area contributed by atoms with E-state index in [0.717, 1.165) is 10.5 Å². The topological polar surface area (TPSA) is 42.4 Å². The molecule has 2 rings (SSSR count). The number of rotatable bonds is 7. The first-order valence-corrected chi connectivity index (χ1v) is 9.87. The van der Waals surface area contributed by atoms with E-state index >= 15 is 0 Å². The monoisotopic (exact) mass is 414 g/mol. The number of hydrogen-bond acceptors (Lipinski definition) is 4. The predicted molar refractivity (Wildman–Crippen MR) is 105 cm³/mol. The Morgan fingerprint density at radius 1 is 1.18 bits per heavy atom. The van der Waals surface area contributed by atoms with Crippen molar-refractivity contribution in [1.82, 2.24) is 9.88 Å². The van der Waals surface area contributed by atoms with Crippen LogP contribution in [0, 0.1) is 5.41 Å². The Balaban J connectivity index is 2.17. The molecule has 0 spiro atoms. The highest BCUT2D eigenvalue weighted by Gasteiger charge is 2.34. The molecular weight excluding hydrogens is 389 g/mol. The molecule has 0 aliphatic rings. The number of benzene rings is 1.